The molecular weight excluding hydrogens is 261 g/mol. The number of alkyl halides is 5. The molecule has 0 heterocycles. The molecule has 0 aliphatic heterocycles. The molecule has 0 bridgehead atoms. The molecule has 8 heteroatoms. The van der Waals surface area contributed by atoms with Gasteiger partial charge >= 0.3 is 6.18 Å². The number of rotatable bonds is 4. The van der Waals surface area contributed by atoms with Gasteiger partial charge in [0.05, 0.1) is 4.92 Å². The molecule has 1 aromatic carbocycles. The Bertz CT molecular complexity index is 427. The van der Waals surface area contributed by atoms with Crippen LogP contribution in [0.4, 0.5) is 27.6 Å². The van der Waals surface area contributed by atoms with E-state index in [-0.39, 0.29) is 0 Å². The topological polar surface area (TPSA) is 43.1 Å². The first-order valence-electron chi connectivity index (χ1n) is 4.81. The minimum absolute atomic E-state index is 0.398. The molecule has 0 saturated carbocycles. The van der Waals surface area contributed by atoms with Gasteiger partial charge in [-0.2, -0.15) is 13.2 Å². The number of halogens is 5. The predicted octanol–water partition coefficient (Wildman–Crippen LogP) is 4.03. The molecule has 18 heavy (non-hydrogen) atoms. The lowest BCUT2D eigenvalue weighted by Crippen LogP contribution is -2.18. The van der Waals surface area contributed by atoms with Crippen molar-refractivity contribution >= 4 is 5.69 Å². The SMILES string of the molecule is O=[N+]([O-])c1ccc(C(F)(F)CCC(F)(F)F)cc1. The zero-order valence-electron chi connectivity index (χ0n) is 8.88. The van der Waals surface area contributed by atoms with Crippen LogP contribution in [-0.2, 0) is 5.92 Å². The van der Waals surface area contributed by atoms with E-state index in [0.717, 1.165) is 24.3 Å². The minimum Gasteiger partial charge on any atom is -0.258 e. The van der Waals surface area contributed by atoms with E-state index in [9.17, 15) is 32.1 Å². The van der Waals surface area contributed by atoms with E-state index in [1.165, 1.54) is 0 Å². The highest BCUT2D eigenvalue weighted by molar-refractivity contribution is 5.34. The molecule has 0 aliphatic rings. The average Bonchev–Trinajstić information content (AvgIpc) is 2.26. The first kappa shape index (κ1) is 14.3. The molecular formula is C10H8F5NO2. The van der Waals surface area contributed by atoms with Gasteiger partial charge in [0, 0.05) is 30.5 Å². The Hall–Kier alpha value is -1.73. The Morgan fingerprint density at radius 1 is 1.00 bits per heavy atom. The lowest BCUT2D eigenvalue weighted by Gasteiger charge is -2.17. The van der Waals surface area contributed by atoms with E-state index in [2.05, 4.69) is 0 Å². The highest BCUT2D eigenvalue weighted by atomic mass is 19.4. The molecule has 1 aromatic rings. The quantitative estimate of drug-likeness (QED) is 0.470. The molecule has 0 aromatic heterocycles. The van der Waals surface area contributed by atoms with Crippen molar-refractivity contribution in [2.75, 3.05) is 0 Å². The van der Waals surface area contributed by atoms with Crippen molar-refractivity contribution in [3.8, 4) is 0 Å². The summed E-state index contributed by atoms with van der Waals surface area (Å²) in [6.45, 7) is 0. The Labute approximate surface area is 98.4 Å². The van der Waals surface area contributed by atoms with Crippen molar-refractivity contribution in [1.29, 1.82) is 0 Å². The summed E-state index contributed by atoms with van der Waals surface area (Å²) in [4.78, 5) is 9.51. The van der Waals surface area contributed by atoms with Gasteiger partial charge in [-0.1, -0.05) is 0 Å². The molecule has 1 rings (SSSR count). The molecule has 0 aliphatic carbocycles. The van der Waals surface area contributed by atoms with E-state index >= 15 is 0 Å². The van der Waals surface area contributed by atoms with Gasteiger partial charge in [-0.05, 0) is 12.1 Å². The second-order valence-electron chi connectivity index (χ2n) is 3.62. The van der Waals surface area contributed by atoms with Gasteiger partial charge in [0.1, 0.15) is 0 Å². The van der Waals surface area contributed by atoms with Gasteiger partial charge in [-0.15, -0.1) is 0 Å². The van der Waals surface area contributed by atoms with E-state index in [0.29, 0.717) is 0 Å². The zero-order chi connectivity index (χ0) is 14.0. The van der Waals surface area contributed by atoms with E-state index in [4.69, 9.17) is 0 Å². The molecule has 3 nitrogen and oxygen atoms in total. The van der Waals surface area contributed by atoms with Crippen LogP contribution in [0.5, 0.6) is 0 Å². The van der Waals surface area contributed by atoms with Gasteiger partial charge < -0.3 is 0 Å². The van der Waals surface area contributed by atoms with Crippen molar-refractivity contribution in [1.82, 2.24) is 0 Å². The van der Waals surface area contributed by atoms with Crippen LogP contribution in [0.1, 0.15) is 18.4 Å². The Balaban J connectivity index is 2.81. The second kappa shape index (κ2) is 4.87. The van der Waals surface area contributed by atoms with Crippen LogP contribution in [0, 0.1) is 10.1 Å². The molecule has 0 unspecified atom stereocenters. The lowest BCUT2D eigenvalue weighted by molar-refractivity contribution is -0.384. The Morgan fingerprint density at radius 2 is 1.50 bits per heavy atom. The molecule has 0 amide bonds. The summed E-state index contributed by atoms with van der Waals surface area (Å²) in [5, 5.41) is 10.3. The molecule has 0 radical (unpaired) electrons. The van der Waals surface area contributed by atoms with Crippen molar-refractivity contribution < 1.29 is 26.9 Å². The maximum atomic E-state index is 13.3. The van der Waals surface area contributed by atoms with E-state index in [1.54, 1.807) is 0 Å². The molecule has 0 N–H and O–H groups in total. The minimum atomic E-state index is -4.66. The van der Waals surface area contributed by atoms with Crippen LogP contribution >= 0.6 is 0 Å². The summed E-state index contributed by atoms with van der Waals surface area (Å²) in [6, 6.07) is 3.18. The van der Waals surface area contributed by atoms with Gasteiger partial charge in [-0.3, -0.25) is 10.1 Å². The summed E-state index contributed by atoms with van der Waals surface area (Å²) < 4.78 is 62.2. The third kappa shape index (κ3) is 3.94. The number of benzene rings is 1. The number of hydrogen-bond acceptors (Lipinski definition) is 2. The number of hydrogen-bond donors (Lipinski definition) is 0. The van der Waals surface area contributed by atoms with Crippen LogP contribution in [0.2, 0.25) is 0 Å². The fourth-order valence-electron chi connectivity index (χ4n) is 1.27. The number of nitro benzene ring substituents is 1. The van der Waals surface area contributed by atoms with Gasteiger partial charge in [0.25, 0.3) is 11.6 Å². The summed E-state index contributed by atoms with van der Waals surface area (Å²) in [5.41, 5.74) is -1.07. The van der Waals surface area contributed by atoms with Crippen LogP contribution < -0.4 is 0 Å². The summed E-state index contributed by atoms with van der Waals surface area (Å²) in [5.74, 6) is -3.66. The zero-order valence-corrected chi connectivity index (χ0v) is 8.88. The fraction of sp³-hybridized carbons (Fsp3) is 0.400. The number of nitro groups is 1. The third-order valence-corrected chi connectivity index (χ3v) is 2.22. The van der Waals surface area contributed by atoms with Crippen molar-refractivity contribution in [2.45, 2.75) is 24.9 Å². The summed E-state index contributed by atoms with van der Waals surface area (Å²) >= 11 is 0. The average molecular weight is 269 g/mol. The van der Waals surface area contributed by atoms with Gasteiger partial charge in [0.2, 0.25) is 0 Å². The first-order valence-corrected chi connectivity index (χ1v) is 4.81. The molecule has 100 valence electrons. The van der Waals surface area contributed by atoms with Crippen molar-refractivity contribution in [3.05, 3.63) is 39.9 Å². The van der Waals surface area contributed by atoms with Crippen molar-refractivity contribution in [2.24, 2.45) is 0 Å². The van der Waals surface area contributed by atoms with Crippen LogP contribution in [0.25, 0.3) is 0 Å². The maximum absolute atomic E-state index is 13.3. The highest BCUT2D eigenvalue weighted by Gasteiger charge is 2.38. The second-order valence-corrected chi connectivity index (χ2v) is 3.62. The van der Waals surface area contributed by atoms with Crippen LogP contribution in [0.15, 0.2) is 24.3 Å². The molecule has 0 atom stereocenters. The van der Waals surface area contributed by atoms with Crippen LogP contribution in [-0.4, -0.2) is 11.1 Å². The fourth-order valence-corrected chi connectivity index (χ4v) is 1.27. The van der Waals surface area contributed by atoms with Gasteiger partial charge in [-0.25, -0.2) is 8.78 Å². The largest absolute Gasteiger partial charge is 0.389 e. The molecule has 0 saturated heterocycles. The molecule has 0 spiro atoms. The maximum Gasteiger partial charge on any atom is 0.389 e. The summed E-state index contributed by atoms with van der Waals surface area (Å²) in [6.07, 6.45) is -7.66. The van der Waals surface area contributed by atoms with E-state index < -0.39 is 41.1 Å². The molecule has 0 fully saturated rings. The van der Waals surface area contributed by atoms with Crippen molar-refractivity contribution in [3.63, 3.8) is 0 Å². The number of nitrogens with zero attached hydrogens (tertiary/aromatic N) is 1. The Morgan fingerprint density at radius 3 is 1.89 bits per heavy atom. The normalized spacial score (nSPS) is 12.5. The third-order valence-electron chi connectivity index (χ3n) is 2.22. The predicted molar refractivity (Wildman–Crippen MR) is 52.3 cm³/mol. The lowest BCUT2D eigenvalue weighted by atomic mass is 10.0. The monoisotopic (exact) mass is 269 g/mol. The smallest absolute Gasteiger partial charge is 0.258 e. The standard InChI is InChI=1S/C10H8F5NO2/c11-9(12,5-6-10(13,14)15)7-1-3-8(4-2-7)16(17)18/h1-4H,5-6H2. The Kier molecular flexibility index (Phi) is 3.88. The summed E-state index contributed by atoms with van der Waals surface area (Å²) in [7, 11) is 0. The van der Waals surface area contributed by atoms with E-state index in [1.807, 2.05) is 0 Å². The van der Waals surface area contributed by atoms with Gasteiger partial charge in [0.15, 0.2) is 0 Å². The number of non-ortho nitro benzene ring substituents is 1. The van der Waals surface area contributed by atoms with Crippen LogP contribution in [0.3, 0.4) is 0 Å². The highest BCUT2D eigenvalue weighted by Crippen LogP contribution is 2.37. The first-order chi connectivity index (χ1) is 8.12.